The summed E-state index contributed by atoms with van der Waals surface area (Å²) in [5.74, 6) is 0.322. The van der Waals surface area contributed by atoms with Crippen LogP contribution in [0.3, 0.4) is 0 Å². The van der Waals surface area contributed by atoms with Gasteiger partial charge in [0.15, 0.2) is 5.78 Å². The fraction of sp³-hybridized carbons (Fsp3) is 0.769. The maximum atomic E-state index is 11.5. The Morgan fingerprint density at radius 3 is 2.50 bits per heavy atom. The molecule has 0 saturated carbocycles. The van der Waals surface area contributed by atoms with E-state index in [9.17, 15) is 4.79 Å². The summed E-state index contributed by atoms with van der Waals surface area (Å²) in [5.41, 5.74) is 1.26. The van der Waals surface area contributed by atoms with Gasteiger partial charge < -0.3 is 0 Å². The van der Waals surface area contributed by atoms with Crippen molar-refractivity contribution >= 4 is 5.78 Å². The first-order chi connectivity index (χ1) is 6.56. The summed E-state index contributed by atoms with van der Waals surface area (Å²) in [6.07, 6.45) is 9.17. The third-order valence-electron chi connectivity index (χ3n) is 3.02. The van der Waals surface area contributed by atoms with Gasteiger partial charge in [-0.3, -0.25) is 4.79 Å². The minimum absolute atomic E-state index is 0.111. The number of allylic oxidation sites excluding steroid dienone is 2. The second-order valence-corrected chi connectivity index (χ2v) is 5.04. The van der Waals surface area contributed by atoms with Gasteiger partial charge in [-0.1, -0.05) is 45.6 Å². The van der Waals surface area contributed by atoms with Gasteiger partial charge in [0.1, 0.15) is 0 Å². The van der Waals surface area contributed by atoms with E-state index >= 15 is 0 Å². The largest absolute Gasteiger partial charge is 0.294 e. The van der Waals surface area contributed by atoms with E-state index in [2.05, 4.69) is 6.92 Å². The summed E-state index contributed by atoms with van der Waals surface area (Å²) < 4.78 is 0. The number of hydrogen-bond donors (Lipinski definition) is 0. The molecule has 0 aromatic rings. The summed E-state index contributed by atoms with van der Waals surface area (Å²) in [7, 11) is 0. The molecule has 0 aromatic carbocycles. The average Bonchev–Trinajstić information content (AvgIpc) is 2.35. The molecule has 1 aliphatic carbocycles. The van der Waals surface area contributed by atoms with Crippen LogP contribution in [0.5, 0.6) is 0 Å². The highest BCUT2D eigenvalue weighted by Crippen LogP contribution is 2.35. The molecule has 0 aliphatic heterocycles. The maximum Gasteiger partial charge on any atom is 0.161 e. The van der Waals surface area contributed by atoms with E-state index in [0.29, 0.717) is 5.78 Å². The van der Waals surface area contributed by atoms with E-state index in [0.717, 1.165) is 12.8 Å². The van der Waals surface area contributed by atoms with Crippen molar-refractivity contribution in [2.75, 3.05) is 0 Å². The van der Waals surface area contributed by atoms with Crippen LogP contribution in [0.4, 0.5) is 0 Å². The second kappa shape index (κ2) is 4.77. The van der Waals surface area contributed by atoms with Crippen LogP contribution in [0, 0.1) is 5.41 Å². The van der Waals surface area contributed by atoms with Crippen molar-refractivity contribution in [2.45, 2.75) is 59.3 Å². The van der Waals surface area contributed by atoms with E-state index in [1.165, 1.54) is 31.3 Å². The highest BCUT2D eigenvalue weighted by molar-refractivity contribution is 5.97. The fourth-order valence-corrected chi connectivity index (χ4v) is 2.03. The Hall–Kier alpha value is -0.590. The lowest BCUT2D eigenvalue weighted by Crippen LogP contribution is -2.16. The van der Waals surface area contributed by atoms with E-state index in [1.807, 2.05) is 19.9 Å². The number of unbranched alkanes of at least 4 members (excludes halogenated alkanes) is 3. The Morgan fingerprint density at radius 1 is 1.29 bits per heavy atom. The molecule has 1 heteroatoms. The number of ketones is 1. The van der Waals surface area contributed by atoms with Crippen molar-refractivity contribution in [3.05, 3.63) is 11.6 Å². The Bertz CT molecular complexity index is 236. The topological polar surface area (TPSA) is 17.1 Å². The Labute approximate surface area is 87.6 Å². The van der Waals surface area contributed by atoms with E-state index < -0.39 is 0 Å². The standard InChI is InChI=1S/C13H22O/c1-4-5-6-7-8-11-9-12(14)13(2,3)10-11/h9H,4-8,10H2,1-3H3. The smallest absolute Gasteiger partial charge is 0.161 e. The van der Waals surface area contributed by atoms with Gasteiger partial charge in [0.05, 0.1) is 0 Å². The van der Waals surface area contributed by atoms with E-state index in [-0.39, 0.29) is 5.41 Å². The van der Waals surface area contributed by atoms with Crippen LogP contribution in [-0.2, 0) is 4.79 Å². The number of hydrogen-bond acceptors (Lipinski definition) is 1. The molecule has 0 radical (unpaired) electrons. The fourth-order valence-electron chi connectivity index (χ4n) is 2.03. The van der Waals surface area contributed by atoms with E-state index in [1.54, 1.807) is 0 Å². The molecule has 0 bridgehead atoms. The SMILES string of the molecule is CCCCCCC1=CC(=O)C(C)(C)C1. The molecule has 0 N–H and O–H groups in total. The van der Waals surface area contributed by atoms with Crippen LogP contribution < -0.4 is 0 Å². The normalized spacial score (nSPS) is 19.9. The van der Waals surface area contributed by atoms with Crippen LogP contribution in [0.1, 0.15) is 59.3 Å². The zero-order chi connectivity index (χ0) is 10.6. The first-order valence-corrected chi connectivity index (χ1v) is 5.80. The van der Waals surface area contributed by atoms with Gasteiger partial charge >= 0.3 is 0 Å². The predicted octanol–water partition coefficient (Wildman–Crippen LogP) is 3.88. The molecule has 1 nitrogen and oxygen atoms in total. The molecule has 1 aliphatic rings. The Kier molecular flexibility index (Phi) is 3.91. The number of rotatable bonds is 5. The molecular weight excluding hydrogens is 172 g/mol. The van der Waals surface area contributed by atoms with Gasteiger partial charge in [0.2, 0.25) is 0 Å². The van der Waals surface area contributed by atoms with Crippen molar-refractivity contribution in [2.24, 2.45) is 5.41 Å². The minimum atomic E-state index is -0.111. The molecule has 0 heterocycles. The quantitative estimate of drug-likeness (QED) is 0.607. The molecule has 1 rings (SSSR count). The van der Waals surface area contributed by atoms with E-state index in [4.69, 9.17) is 0 Å². The molecule has 14 heavy (non-hydrogen) atoms. The average molecular weight is 194 g/mol. The zero-order valence-corrected chi connectivity index (χ0v) is 9.73. The van der Waals surface area contributed by atoms with Crippen molar-refractivity contribution in [3.8, 4) is 0 Å². The van der Waals surface area contributed by atoms with Crippen molar-refractivity contribution in [3.63, 3.8) is 0 Å². The summed E-state index contributed by atoms with van der Waals surface area (Å²) in [6, 6.07) is 0. The second-order valence-electron chi connectivity index (χ2n) is 5.04. The molecule has 0 fully saturated rings. The van der Waals surface area contributed by atoms with Gasteiger partial charge in [-0.25, -0.2) is 0 Å². The third-order valence-corrected chi connectivity index (χ3v) is 3.02. The summed E-state index contributed by atoms with van der Waals surface area (Å²) in [6.45, 7) is 6.32. The van der Waals surface area contributed by atoms with Crippen LogP contribution in [0.15, 0.2) is 11.6 Å². The van der Waals surface area contributed by atoms with Gasteiger partial charge in [-0.05, 0) is 25.3 Å². The summed E-state index contributed by atoms with van der Waals surface area (Å²) in [4.78, 5) is 11.5. The maximum absolute atomic E-state index is 11.5. The molecule has 80 valence electrons. The zero-order valence-electron chi connectivity index (χ0n) is 9.73. The Balaban J connectivity index is 2.28. The van der Waals surface area contributed by atoms with Crippen LogP contribution in [0.2, 0.25) is 0 Å². The molecule has 0 amide bonds. The van der Waals surface area contributed by atoms with Gasteiger partial charge in [-0.2, -0.15) is 0 Å². The Morgan fingerprint density at radius 2 is 2.00 bits per heavy atom. The van der Waals surface area contributed by atoms with Crippen molar-refractivity contribution in [1.29, 1.82) is 0 Å². The van der Waals surface area contributed by atoms with Crippen LogP contribution in [0.25, 0.3) is 0 Å². The lowest BCUT2D eigenvalue weighted by atomic mass is 9.88. The third kappa shape index (κ3) is 2.97. The molecule has 0 unspecified atom stereocenters. The number of carbonyl (C=O) groups excluding carboxylic acids is 1. The molecule has 0 spiro atoms. The first kappa shape index (κ1) is 11.5. The van der Waals surface area contributed by atoms with Crippen molar-refractivity contribution < 1.29 is 4.79 Å². The molecule has 0 atom stereocenters. The van der Waals surface area contributed by atoms with Gasteiger partial charge in [-0.15, -0.1) is 0 Å². The predicted molar refractivity (Wildman–Crippen MR) is 60.2 cm³/mol. The number of carbonyl (C=O) groups is 1. The lowest BCUT2D eigenvalue weighted by molar-refractivity contribution is -0.121. The van der Waals surface area contributed by atoms with Crippen molar-refractivity contribution in [1.82, 2.24) is 0 Å². The van der Waals surface area contributed by atoms with Gasteiger partial charge in [0.25, 0.3) is 0 Å². The highest BCUT2D eigenvalue weighted by atomic mass is 16.1. The van der Waals surface area contributed by atoms with Crippen LogP contribution >= 0.6 is 0 Å². The molecule has 0 saturated heterocycles. The van der Waals surface area contributed by atoms with Crippen LogP contribution in [-0.4, -0.2) is 5.78 Å². The van der Waals surface area contributed by atoms with Gasteiger partial charge in [0, 0.05) is 5.41 Å². The summed E-state index contributed by atoms with van der Waals surface area (Å²) in [5, 5.41) is 0. The highest BCUT2D eigenvalue weighted by Gasteiger charge is 2.32. The monoisotopic (exact) mass is 194 g/mol. The molecular formula is C13H22O. The minimum Gasteiger partial charge on any atom is -0.294 e. The lowest BCUT2D eigenvalue weighted by Gasteiger charge is -2.14. The first-order valence-electron chi connectivity index (χ1n) is 5.80. The molecule has 0 aromatic heterocycles. The summed E-state index contributed by atoms with van der Waals surface area (Å²) >= 11 is 0.